The van der Waals surface area contributed by atoms with Crippen molar-refractivity contribution in [3.05, 3.63) is 0 Å². The van der Waals surface area contributed by atoms with Crippen LogP contribution in [-0.4, -0.2) is 43.0 Å². The molecular formula is C9H13FN2O5. The van der Waals surface area contributed by atoms with Crippen molar-refractivity contribution in [3.63, 3.8) is 0 Å². The summed E-state index contributed by atoms with van der Waals surface area (Å²) < 4.78 is 23.6. The summed E-state index contributed by atoms with van der Waals surface area (Å²) in [6, 6.07) is -0.925. The van der Waals surface area contributed by atoms with Gasteiger partial charge in [-0.3, -0.25) is 10.1 Å². The van der Waals surface area contributed by atoms with Gasteiger partial charge in [0.1, 0.15) is 0 Å². The zero-order valence-corrected chi connectivity index (χ0v) is 9.41. The van der Waals surface area contributed by atoms with Crippen molar-refractivity contribution in [3.8, 4) is 0 Å². The number of hydrogen-bond donors (Lipinski definition) is 2. The number of ether oxygens (including phenoxy) is 2. The molecule has 1 aliphatic rings. The molecule has 1 saturated heterocycles. The Kier molecular flexibility index (Phi) is 4.00. The van der Waals surface area contributed by atoms with Crippen LogP contribution in [0.1, 0.15) is 13.8 Å². The third kappa shape index (κ3) is 2.36. The summed E-state index contributed by atoms with van der Waals surface area (Å²) in [5, 5.41) is 3.66. The second-order valence-corrected chi connectivity index (χ2v) is 3.20. The highest BCUT2D eigenvalue weighted by Gasteiger charge is 2.59. The molecule has 7 nitrogen and oxygen atoms in total. The average Bonchev–Trinajstić information content (AvgIpc) is 2.25. The highest BCUT2D eigenvalue weighted by molar-refractivity contribution is 6.14. The number of urea groups is 1. The fourth-order valence-corrected chi connectivity index (χ4v) is 1.33. The van der Waals surface area contributed by atoms with Crippen molar-refractivity contribution in [1.82, 2.24) is 10.6 Å². The summed E-state index contributed by atoms with van der Waals surface area (Å²) >= 11 is 0. The van der Waals surface area contributed by atoms with E-state index in [1.165, 1.54) is 13.8 Å². The lowest BCUT2D eigenvalue weighted by atomic mass is 10.0. The van der Waals surface area contributed by atoms with Crippen molar-refractivity contribution in [2.24, 2.45) is 0 Å². The van der Waals surface area contributed by atoms with Crippen LogP contribution in [0.5, 0.6) is 0 Å². The first-order chi connectivity index (χ1) is 7.96. The van der Waals surface area contributed by atoms with E-state index < -0.39 is 29.8 Å². The van der Waals surface area contributed by atoms with Crippen molar-refractivity contribution in [1.29, 1.82) is 0 Å². The highest BCUT2D eigenvalue weighted by atomic mass is 19.1. The van der Waals surface area contributed by atoms with Crippen molar-refractivity contribution in [2.45, 2.75) is 25.7 Å². The van der Waals surface area contributed by atoms with Gasteiger partial charge in [0.05, 0.1) is 6.61 Å². The van der Waals surface area contributed by atoms with Gasteiger partial charge in [0.15, 0.2) is 6.23 Å². The summed E-state index contributed by atoms with van der Waals surface area (Å²) in [6.45, 7) is 2.92. The normalized spacial score (nSPS) is 28.3. The number of nitrogens with one attached hydrogen (secondary N) is 2. The molecule has 1 fully saturated rings. The average molecular weight is 248 g/mol. The van der Waals surface area contributed by atoms with Crippen LogP contribution in [-0.2, 0) is 19.1 Å². The number of esters is 1. The molecular weight excluding hydrogens is 235 g/mol. The maximum Gasteiger partial charge on any atom is 0.358 e. The second-order valence-electron chi connectivity index (χ2n) is 3.20. The van der Waals surface area contributed by atoms with E-state index in [1.807, 2.05) is 5.32 Å². The SMILES string of the molecule is CCOC(=O)C1(F)C(=O)NC(=O)NC1OCC. The van der Waals surface area contributed by atoms with Crippen molar-refractivity contribution in [2.75, 3.05) is 13.2 Å². The molecule has 2 unspecified atom stereocenters. The smallest absolute Gasteiger partial charge is 0.358 e. The van der Waals surface area contributed by atoms with E-state index in [-0.39, 0.29) is 13.2 Å². The predicted molar refractivity (Wildman–Crippen MR) is 52.6 cm³/mol. The minimum Gasteiger partial charge on any atom is -0.463 e. The van der Waals surface area contributed by atoms with Gasteiger partial charge in [-0.25, -0.2) is 14.0 Å². The second kappa shape index (κ2) is 5.09. The molecule has 1 rings (SSSR count). The maximum atomic E-state index is 14.3. The molecule has 2 atom stereocenters. The third-order valence-corrected chi connectivity index (χ3v) is 2.09. The minimum atomic E-state index is -3.07. The van der Waals surface area contributed by atoms with E-state index in [1.54, 1.807) is 5.32 Å². The summed E-state index contributed by atoms with van der Waals surface area (Å²) in [5.41, 5.74) is -3.07. The molecule has 0 aliphatic carbocycles. The van der Waals surface area contributed by atoms with Crippen LogP contribution in [0.25, 0.3) is 0 Å². The van der Waals surface area contributed by atoms with Crippen LogP contribution in [0.3, 0.4) is 0 Å². The molecule has 96 valence electrons. The predicted octanol–water partition coefficient (Wildman–Crippen LogP) is -0.540. The van der Waals surface area contributed by atoms with E-state index in [0.717, 1.165) is 0 Å². The molecule has 3 amide bonds. The molecule has 0 radical (unpaired) electrons. The number of alkyl halides is 1. The van der Waals surface area contributed by atoms with E-state index in [0.29, 0.717) is 0 Å². The number of rotatable bonds is 4. The van der Waals surface area contributed by atoms with E-state index in [2.05, 4.69) is 4.74 Å². The monoisotopic (exact) mass is 248 g/mol. The van der Waals surface area contributed by atoms with Gasteiger partial charge in [-0.15, -0.1) is 0 Å². The van der Waals surface area contributed by atoms with E-state index >= 15 is 0 Å². The molecule has 0 bridgehead atoms. The zero-order chi connectivity index (χ0) is 13.1. The first kappa shape index (κ1) is 13.4. The molecule has 0 aromatic rings. The van der Waals surface area contributed by atoms with Gasteiger partial charge < -0.3 is 14.8 Å². The Morgan fingerprint density at radius 3 is 2.59 bits per heavy atom. The first-order valence-electron chi connectivity index (χ1n) is 5.06. The molecule has 8 heteroatoms. The van der Waals surface area contributed by atoms with Crippen molar-refractivity contribution < 1.29 is 28.2 Å². The maximum absolute atomic E-state index is 14.3. The molecule has 0 aromatic heterocycles. The van der Waals surface area contributed by atoms with Gasteiger partial charge >= 0.3 is 17.7 Å². The van der Waals surface area contributed by atoms with Crippen LogP contribution in [0, 0.1) is 0 Å². The Morgan fingerprint density at radius 1 is 1.41 bits per heavy atom. The third-order valence-electron chi connectivity index (χ3n) is 2.09. The summed E-state index contributed by atoms with van der Waals surface area (Å²) in [5.74, 6) is -2.78. The Morgan fingerprint density at radius 2 is 2.06 bits per heavy atom. The lowest BCUT2D eigenvalue weighted by Gasteiger charge is -2.33. The minimum absolute atomic E-state index is 0.0172. The van der Waals surface area contributed by atoms with E-state index in [9.17, 15) is 18.8 Å². The molecule has 2 N–H and O–H groups in total. The Labute approximate surface area is 96.6 Å². The molecule has 0 aromatic carbocycles. The first-order valence-corrected chi connectivity index (χ1v) is 5.06. The summed E-state index contributed by atoms with van der Waals surface area (Å²) in [7, 11) is 0. The lowest BCUT2D eigenvalue weighted by Crippen LogP contribution is -2.71. The van der Waals surface area contributed by atoms with Gasteiger partial charge in [0.25, 0.3) is 5.91 Å². The van der Waals surface area contributed by atoms with Crippen LogP contribution in [0.15, 0.2) is 0 Å². The van der Waals surface area contributed by atoms with Gasteiger partial charge in [-0.2, -0.15) is 0 Å². The number of imide groups is 1. The van der Waals surface area contributed by atoms with Crippen LogP contribution in [0.2, 0.25) is 0 Å². The molecule has 0 saturated carbocycles. The van der Waals surface area contributed by atoms with Gasteiger partial charge in [0.2, 0.25) is 0 Å². The number of carbonyl (C=O) groups is 3. The van der Waals surface area contributed by atoms with Gasteiger partial charge in [0, 0.05) is 6.61 Å². The lowest BCUT2D eigenvalue weighted by molar-refractivity contribution is -0.178. The largest absolute Gasteiger partial charge is 0.463 e. The van der Waals surface area contributed by atoms with Crippen LogP contribution < -0.4 is 10.6 Å². The number of amides is 3. The van der Waals surface area contributed by atoms with Crippen molar-refractivity contribution >= 4 is 17.9 Å². The molecule has 17 heavy (non-hydrogen) atoms. The molecule has 1 heterocycles. The Hall–Kier alpha value is -1.70. The summed E-state index contributed by atoms with van der Waals surface area (Å²) in [4.78, 5) is 33.8. The fraction of sp³-hybridized carbons (Fsp3) is 0.667. The Bertz CT molecular complexity index is 348. The number of hydrogen-bond acceptors (Lipinski definition) is 5. The van der Waals surface area contributed by atoms with E-state index in [4.69, 9.17) is 4.74 Å². The summed E-state index contributed by atoms with van der Waals surface area (Å²) in [6.07, 6.45) is -1.69. The highest BCUT2D eigenvalue weighted by Crippen LogP contribution is 2.23. The van der Waals surface area contributed by atoms with Gasteiger partial charge in [-0.05, 0) is 13.8 Å². The van der Waals surface area contributed by atoms with Crippen LogP contribution >= 0.6 is 0 Å². The molecule has 1 aliphatic heterocycles. The Balaban J connectivity index is 3.00. The van der Waals surface area contributed by atoms with Gasteiger partial charge in [-0.1, -0.05) is 0 Å². The zero-order valence-electron chi connectivity index (χ0n) is 9.41. The molecule has 0 spiro atoms. The fourth-order valence-electron chi connectivity index (χ4n) is 1.33. The quantitative estimate of drug-likeness (QED) is 0.514. The number of halogens is 1. The van der Waals surface area contributed by atoms with Crippen LogP contribution in [0.4, 0.5) is 9.18 Å². The number of carbonyl (C=O) groups excluding carboxylic acids is 3. The topological polar surface area (TPSA) is 93.7 Å². The standard InChI is InChI=1S/C9H13FN2O5/c1-3-16-6-9(10,7(14)17-4-2)5(13)11-8(15)12-6/h6H,3-4H2,1-2H3,(H2,11,12,13,15).